The Morgan fingerprint density at radius 2 is 2.00 bits per heavy atom. The molecule has 0 aromatic heterocycles. The highest BCUT2D eigenvalue weighted by atomic mass is 32.2. The molecule has 0 heterocycles. The van der Waals surface area contributed by atoms with Crippen molar-refractivity contribution in [2.75, 3.05) is 12.5 Å². The Kier molecular flexibility index (Phi) is 4.90. The van der Waals surface area contributed by atoms with Crippen LogP contribution in [0.3, 0.4) is 0 Å². The van der Waals surface area contributed by atoms with Crippen LogP contribution in [0.2, 0.25) is 0 Å². The second kappa shape index (κ2) is 6.02. The van der Waals surface area contributed by atoms with Crippen LogP contribution in [0, 0.1) is 0 Å². The quantitative estimate of drug-likeness (QED) is 0.447. The maximum atomic E-state index is 8.81. The van der Waals surface area contributed by atoms with Crippen LogP contribution in [0.4, 0.5) is 0 Å². The number of rotatable bonds is 5. The molecular formula is C10H14O2S. The van der Waals surface area contributed by atoms with Gasteiger partial charge in [0.2, 0.25) is 0 Å². The van der Waals surface area contributed by atoms with Crippen molar-refractivity contribution in [1.29, 1.82) is 0 Å². The van der Waals surface area contributed by atoms with E-state index >= 15 is 0 Å². The zero-order valence-electron chi connectivity index (χ0n) is 7.69. The second-order valence-corrected chi connectivity index (χ2v) is 3.55. The summed E-state index contributed by atoms with van der Waals surface area (Å²) in [5, 5.41) is 8.81. The molecule has 0 saturated heterocycles. The van der Waals surface area contributed by atoms with Gasteiger partial charge in [0.05, 0.1) is 12.5 Å². The molecule has 3 heteroatoms. The van der Waals surface area contributed by atoms with E-state index in [4.69, 9.17) is 9.84 Å². The van der Waals surface area contributed by atoms with Gasteiger partial charge in [0, 0.05) is 11.5 Å². The Hall–Kier alpha value is -0.510. The lowest BCUT2D eigenvalue weighted by atomic mass is 10.2. The number of ether oxygens (including phenoxy) is 1. The summed E-state index contributed by atoms with van der Waals surface area (Å²) < 4.78 is 5.21. The molecule has 0 aliphatic carbocycles. The van der Waals surface area contributed by atoms with Crippen molar-refractivity contribution in [3.8, 4) is 0 Å². The lowest BCUT2D eigenvalue weighted by Gasteiger charge is -2.02. The molecule has 0 fully saturated rings. The largest absolute Gasteiger partial charge is 0.392 e. The Balaban J connectivity index is 2.40. The van der Waals surface area contributed by atoms with Crippen LogP contribution >= 0.6 is 11.8 Å². The van der Waals surface area contributed by atoms with Crippen molar-refractivity contribution < 1.29 is 9.84 Å². The lowest BCUT2D eigenvalue weighted by Crippen LogP contribution is -1.88. The first-order chi connectivity index (χ1) is 6.36. The molecule has 0 aliphatic rings. The summed E-state index contributed by atoms with van der Waals surface area (Å²) in [6.07, 6.45) is 0. The van der Waals surface area contributed by atoms with Gasteiger partial charge in [-0.2, -0.15) is 0 Å². The van der Waals surface area contributed by atoms with E-state index in [1.807, 2.05) is 31.2 Å². The standard InChI is InChI=1S/C10H14O2S/c1-2-12-8-13-10-5-3-9(7-11)4-6-10/h3-6,11H,2,7-8H2,1H3. The van der Waals surface area contributed by atoms with Crippen molar-refractivity contribution >= 4 is 11.8 Å². The van der Waals surface area contributed by atoms with Gasteiger partial charge in [-0.1, -0.05) is 23.9 Å². The summed E-state index contributed by atoms with van der Waals surface area (Å²) in [4.78, 5) is 1.17. The summed E-state index contributed by atoms with van der Waals surface area (Å²) in [6.45, 7) is 2.84. The van der Waals surface area contributed by atoms with Gasteiger partial charge < -0.3 is 9.84 Å². The summed E-state index contributed by atoms with van der Waals surface area (Å²) in [5.74, 6) is 0.689. The van der Waals surface area contributed by atoms with E-state index in [-0.39, 0.29) is 6.61 Å². The average molecular weight is 198 g/mol. The maximum Gasteiger partial charge on any atom is 0.0966 e. The highest BCUT2D eigenvalue weighted by molar-refractivity contribution is 7.99. The highest BCUT2D eigenvalue weighted by Gasteiger charge is 1.93. The molecule has 1 N–H and O–H groups in total. The Morgan fingerprint density at radius 1 is 1.31 bits per heavy atom. The monoisotopic (exact) mass is 198 g/mol. The van der Waals surface area contributed by atoms with Crippen LogP contribution < -0.4 is 0 Å². The zero-order valence-corrected chi connectivity index (χ0v) is 8.51. The van der Waals surface area contributed by atoms with E-state index in [0.29, 0.717) is 5.94 Å². The Bertz CT molecular complexity index is 233. The Labute approximate surface area is 82.9 Å². The van der Waals surface area contributed by atoms with Gasteiger partial charge in [-0.25, -0.2) is 0 Å². The average Bonchev–Trinajstić information content (AvgIpc) is 2.19. The minimum Gasteiger partial charge on any atom is -0.392 e. The predicted octanol–water partition coefficient (Wildman–Crippen LogP) is 2.27. The number of benzene rings is 1. The fraction of sp³-hybridized carbons (Fsp3) is 0.400. The molecule has 0 atom stereocenters. The van der Waals surface area contributed by atoms with Gasteiger partial charge in [-0.05, 0) is 24.6 Å². The first-order valence-corrected chi connectivity index (χ1v) is 5.25. The van der Waals surface area contributed by atoms with Gasteiger partial charge in [0.15, 0.2) is 0 Å². The smallest absolute Gasteiger partial charge is 0.0966 e. The SMILES string of the molecule is CCOCSc1ccc(CO)cc1. The lowest BCUT2D eigenvalue weighted by molar-refractivity contribution is 0.199. The molecule has 72 valence electrons. The summed E-state index contributed by atoms with van der Waals surface area (Å²) in [7, 11) is 0. The number of aliphatic hydroxyl groups is 1. The van der Waals surface area contributed by atoms with E-state index < -0.39 is 0 Å². The highest BCUT2D eigenvalue weighted by Crippen LogP contribution is 2.18. The third kappa shape index (κ3) is 3.81. The first kappa shape index (κ1) is 10.6. The van der Waals surface area contributed by atoms with E-state index in [1.165, 1.54) is 4.90 Å². The number of aliphatic hydroxyl groups excluding tert-OH is 1. The van der Waals surface area contributed by atoms with Gasteiger partial charge in [-0.3, -0.25) is 0 Å². The topological polar surface area (TPSA) is 29.5 Å². The molecule has 0 bridgehead atoms. The summed E-state index contributed by atoms with van der Waals surface area (Å²) >= 11 is 1.66. The van der Waals surface area contributed by atoms with Crippen molar-refractivity contribution in [1.82, 2.24) is 0 Å². The van der Waals surface area contributed by atoms with Crippen LogP contribution in [0.1, 0.15) is 12.5 Å². The van der Waals surface area contributed by atoms with Gasteiger partial charge in [0.1, 0.15) is 0 Å². The van der Waals surface area contributed by atoms with Gasteiger partial charge in [-0.15, -0.1) is 0 Å². The van der Waals surface area contributed by atoms with E-state index in [1.54, 1.807) is 11.8 Å². The van der Waals surface area contributed by atoms with Crippen LogP contribution in [-0.4, -0.2) is 17.7 Å². The number of thioether (sulfide) groups is 1. The zero-order chi connectivity index (χ0) is 9.52. The third-order valence-electron chi connectivity index (χ3n) is 1.62. The number of hydrogen-bond acceptors (Lipinski definition) is 3. The molecule has 1 aromatic carbocycles. The molecule has 0 amide bonds. The fourth-order valence-electron chi connectivity index (χ4n) is 0.884. The molecular weight excluding hydrogens is 184 g/mol. The normalized spacial score (nSPS) is 10.3. The molecule has 0 radical (unpaired) electrons. The Morgan fingerprint density at radius 3 is 2.54 bits per heavy atom. The summed E-state index contributed by atoms with van der Waals surface area (Å²) in [5.41, 5.74) is 0.945. The molecule has 0 aliphatic heterocycles. The van der Waals surface area contributed by atoms with Gasteiger partial charge >= 0.3 is 0 Å². The molecule has 1 aromatic rings. The van der Waals surface area contributed by atoms with E-state index in [9.17, 15) is 0 Å². The van der Waals surface area contributed by atoms with Crippen LogP contribution in [0.15, 0.2) is 29.2 Å². The molecule has 1 rings (SSSR count). The molecule has 13 heavy (non-hydrogen) atoms. The molecule has 0 saturated carbocycles. The van der Waals surface area contributed by atoms with Crippen molar-refractivity contribution in [3.05, 3.63) is 29.8 Å². The molecule has 0 unspecified atom stereocenters. The van der Waals surface area contributed by atoms with E-state index in [0.717, 1.165) is 12.2 Å². The van der Waals surface area contributed by atoms with Gasteiger partial charge in [0.25, 0.3) is 0 Å². The minimum absolute atomic E-state index is 0.108. The van der Waals surface area contributed by atoms with Crippen LogP contribution in [-0.2, 0) is 11.3 Å². The minimum atomic E-state index is 0.108. The third-order valence-corrected chi connectivity index (χ3v) is 2.51. The van der Waals surface area contributed by atoms with Crippen LogP contribution in [0.25, 0.3) is 0 Å². The van der Waals surface area contributed by atoms with E-state index in [2.05, 4.69) is 0 Å². The maximum absolute atomic E-state index is 8.81. The number of hydrogen-bond donors (Lipinski definition) is 1. The fourth-order valence-corrected chi connectivity index (χ4v) is 1.60. The first-order valence-electron chi connectivity index (χ1n) is 4.27. The van der Waals surface area contributed by atoms with Crippen molar-refractivity contribution in [2.45, 2.75) is 18.4 Å². The van der Waals surface area contributed by atoms with Crippen LogP contribution in [0.5, 0.6) is 0 Å². The molecule has 0 spiro atoms. The molecule has 2 nitrogen and oxygen atoms in total. The van der Waals surface area contributed by atoms with Crippen molar-refractivity contribution in [3.63, 3.8) is 0 Å². The summed E-state index contributed by atoms with van der Waals surface area (Å²) in [6, 6.07) is 7.84. The second-order valence-electron chi connectivity index (χ2n) is 2.56. The predicted molar refractivity (Wildman–Crippen MR) is 54.7 cm³/mol. The van der Waals surface area contributed by atoms with Crippen molar-refractivity contribution in [2.24, 2.45) is 0 Å².